The predicted molar refractivity (Wildman–Crippen MR) is 136 cm³/mol. The molecule has 0 aliphatic carbocycles. The molecule has 2 aliphatic heterocycles. The molecule has 1 spiro atoms. The fraction of sp³-hybridized carbons (Fsp3) is 0.464. The SMILES string of the molecule is CCN1CCOc2ccccc2CCCCC2(CN(C(=O)c3cn4c(C)cccc4n3)CCO2)C1=O. The molecule has 0 saturated carbocycles. The monoisotopic (exact) mass is 490 g/mol. The Morgan fingerprint density at radius 1 is 1.08 bits per heavy atom. The largest absolute Gasteiger partial charge is 0.491 e. The topological polar surface area (TPSA) is 76.4 Å². The van der Waals surface area contributed by atoms with E-state index in [1.54, 1.807) is 16.0 Å². The molecule has 2 aliphatic rings. The third kappa shape index (κ3) is 4.69. The maximum absolute atomic E-state index is 13.9. The molecule has 8 nitrogen and oxygen atoms in total. The fourth-order valence-corrected chi connectivity index (χ4v) is 5.29. The number of para-hydroxylation sites is 1. The summed E-state index contributed by atoms with van der Waals surface area (Å²) in [6.45, 7) is 6.36. The zero-order valence-corrected chi connectivity index (χ0v) is 21.1. The van der Waals surface area contributed by atoms with Crippen LogP contribution < -0.4 is 4.74 Å². The molecule has 36 heavy (non-hydrogen) atoms. The molecular formula is C28H34N4O4. The summed E-state index contributed by atoms with van der Waals surface area (Å²) in [6, 6.07) is 13.9. The highest BCUT2D eigenvalue weighted by Crippen LogP contribution is 2.30. The number of carbonyl (C=O) groups excluding carboxylic acids is 2. The molecule has 3 aromatic rings. The number of pyridine rings is 1. The highest BCUT2D eigenvalue weighted by Gasteiger charge is 2.46. The van der Waals surface area contributed by atoms with Crippen molar-refractivity contribution in [2.75, 3.05) is 39.4 Å². The number of likely N-dealkylation sites (N-methyl/N-ethyl adjacent to an activating group) is 1. The first-order chi connectivity index (χ1) is 17.5. The first-order valence-corrected chi connectivity index (χ1v) is 12.9. The highest BCUT2D eigenvalue weighted by molar-refractivity contribution is 5.94. The summed E-state index contributed by atoms with van der Waals surface area (Å²) < 4.78 is 14.2. The Hall–Kier alpha value is -3.39. The Morgan fingerprint density at radius 3 is 2.78 bits per heavy atom. The zero-order valence-electron chi connectivity index (χ0n) is 21.1. The normalized spacial score (nSPS) is 21.6. The molecule has 1 fully saturated rings. The van der Waals surface area contributed by atoms with E-state index in [1.807, 2.05) is 54.6 Å². The second kappa shape index (κ2) is 10.3. The molecule has 0 radical (unpaired) electrons. The summed E-state index contributed by atoms with van der Waals surface area (Å²) in [6.07, 6.45) is 4.95. The predicted octanol–water partition coefficient (Wildman–Crippen LogP) is 3.51. The van der Waals surface area contributed by atoms with Crippen LogP contribution in [0.15, 0.2) is 48.7 Å². The Labute approximate surface area is 211 Å². The van der Waals surface area contributed by atoms with Gasteiger partial charge >= 0.3 is 0 Å². The first kappa shape index (κ1) is 24.3. The Balaban J connectivity index is 1.39. The van der Waals surface area contributed by atoms with Gasteiger partial charge in [0.1, 0.15) is 23.7 Å². The standard InChI is InChI=1S/C28H34N4O4/c1-3-30-15-17-35-24-12-5-4-10-22(24)11-6-7-14-28(27(30)34)20-31(16-18-36-28)26(33)23-19-32-21(2)9-8-13-25(32)29-23/h4-5,8-10,12-13,19H,3,6-7,11,14-18,20H2,1-2H3. The van der Waals surface area contributed by atoms with E-state index in [0.717, 1.165) is 36.4 Å². The number of carbonyl (C=O) groups is 2. The van der Waals surface area contributed by atoms with Crippen LogP contribution in [0.4, 0.5) is 0 Å². The van der Waals surface area contributed by atoms with E-state index in [4.69, 9.17) is 9.47 Å². The lowest BCUT2D eigenvalue weighted by Crippen LogP contribution is -2.62. The number of benzene rings is 1. The van der Waals surface area contributed by atoms with Crippen LogP contribution >= 0.6 is 0 Å². The van der Waals surface area contributed by atoms with Crippen molar-refractivity contribution in [3.05, 3.63) is 65.6 Å². The Morgan fingerprint density at radius 2 is 1.94 bits per heavy atom. The number of aryl methyl sites for hydroxylation is 2. The van der Waals surface area contributed by atoms with Gasteiger partial charge in [-0.2, -0.15) is 0 Å². The van der Waals surface area contributed by atoms with E-state index in [9.17, 15) is 9.59 Å². The maximum atomic E-state index is 13.9. The number of nitrogens with zero attached hydrogens (tertiary/aromatic N) is 4. The van der Waals surface area contributed by atoms with Crippen LogP contribution in [-0.4, -0.2) is 76.0 Å². The van der Waals surface area contributed by atoms with Crippen LogP contribution in [0.1, 0.15) is 47.9 Å². The van der Waals surface area contributed by atoms with Crippen molar-refractivity contribution in [2.24, 2.45) is 0 Å². The Bertz CT molecular complexity index is 1260. The van der Waals surface area contributed by atoms with Crippen molar-refractivity contribution >= 4 is 17.5 Å². The lowest BCUT2D eigenvalue weighted by atomic mass is 9.91. The molecule has 0 N–H and O–H groups in total. The van der Waals surface area contributed by atoms with Crippen molar-refractivity contribution in [2.45, 2.75) is 45.1 Å². The number of rotatable bonds is 2. The third-order valence-corrected chi connectivity index (χ3v) is 7.31. The van der Waals surface area contributed by atoms with Crippen molar-refractivity contribution < 1.29 is 19.1 Å². The van der Waals surface area contributed by atoms with E-state index in [2.05, 4.69) is 11.1 Å². The van der Waals surface area contributed by atoms with E-state index in [1.165, 1.54) is 5.56 Å². The molecule has 0 bridgehead atoms. The molecule has 2 amide bonds. The van der Waals surface area contributed by atoms with Gasteiger partial charge in [-0.25, -0.2) is 4.98 Å². The van der Waals surface area contributed by atoms with Crippen molar-refractivity contribution in [3.63, 3.8) is 0 Å². The summed E-state index contributed by atoms with van der Waals surface area (Å²) in [5, 5.41) is 0. The van der Waals surface area contributed by atoms with Crippen molar-refractivity contribution in [1.82, 2.24) is 19.2 Å². The zero-order chi connectivity index (χ0) is 25.1. The second-order valence-corrected chi connectivity index (χ2v) is 9.64. The van der Waals surface area contributed by atoms with Gasteiger partial charge in [0.2, 0.25) is 0 Å². The summed E-state index contributed by atoms with van der Waals surface area (Å²) in [5.41, 5.74) is 2.26. The van der Waals surface area contributed by atoms with Gasteiger partial charge in [-0.3, -0.25) is 9.59 Å². The lowest BCUT2D eigenvalue weighted by molar-refractivity contribution is -0.170. The first-order valence-electron chi connectivity index (χ1n) is 12.9. The van der Waals surface area contributed by atoms with Gasteiger partial charge in [0, 0.05) is 25.0 Å². The van der Waals surface area contributed by atoms with Gasteiger partial charge < -0.3 is 23.7 Å². The maximum Gasteiger partial charge on any atom is 0.274 e. The minimum Gasteiger partial charge on any atom is -0.491 e. The summed E-state index contributed by atoms with van der Waals surface area (Å²) in [7, 11) is 0. The molecule has 1 aromatic carbocycles. The molecule has 8 heteroatoms. The third-order valence-electron chi connectivity index (χ3n) is 7.31. The van der Waals surface area contributed by atoms with Crippen molar-refractivity contribution in [3.8, 4) is 5.75 Å². The molecule has 1 saturated heterocycles. The van der Waals surface area contributed by atoms with E-state index in [0.29, 0.717) is 45.0 Å². The minimum atomic E-state index is -1.06. The summed E-state index contributed by atoms with van der Waals surface area (Å²) in [4.78, 5) is 35.5. The van der Waals surface area contributed by atoms with Gasteiger partial charge in [0.15, 0.2) is 5.60 Å². The molecule has 5 rings (SSSR count). The van der Waals surface area contributed by atoms with Gasteiger partial charge in [-0.05, 0) is 63.3 Å². The number of hydrogen-bond acceptors (Lipinski definition) is 5. The number of aromatic nitrogens is 2. The number of ether oxygens (including phenoxy) is 2. The van der Waals surface area contributed by atoms with Crippen LogP contribution in [0.3, 0.4) is 0 Å². The van der Waals surface area contributed by atoms with Crippen LogP contribution in [0, 0.1) is 6.92 Å². The average molecular weight is 491 g/mol. The van der Waals surface area contributed by atoms with E-state index in [-0.39, 0.29) is 18.4 Å². The number of morpholine rings is 1. The van der Waals surface area contributed by atoms with Gasteiger partial charge in [0.25, 0.3) is 11.8 Å². The molecule has 190 valence electrons. The van der Waals surface area contributed by atoms with Gasteiger partial charge in [-0.1, -0.05) is 24.3 Å². The molecule has 2 aromatic heterocycles. The smallest absolute Gasteiger partial charge is 0.274 e. The fourth-order valence-electron chi connectivity index (χ4n) is 5.29. The number of fused-ring (bicyclic) bond motifs is 2. The van der Waals surface area contributed by atoms with Crippen molar-refractivity contribution in [1.29, 1.82) is 0 Å². The number of amides is 2. The van der Waals surface area contributed by atoms with E-state index < -0.39 is 5.60 Å². The highest BCUT2D eigenvalue weighted by atomic mass is 16.5. The molecular weight excluding hydrogens is 456 g/mol. The Kier molecular flexibility index (Phi) is 6.96. The van der Waals surface area contributed by atoms with Crippen LogP contribution in [0.2, 0.25) is 0 Å². The van der Waals surface area contributed by atoms with Crippen LogP contribution in [-0.2, 0) is 16.0 Å². The van der Waals surface area contributed by atoms with Gasteiger partial charge in [-0.15, -0.1) is 0 Å². The minimum absolute atomic E-state index is 0.0641. The number of hydrogen-bond donors (Lipinski definition) is 0. The lowest BCUT2D eigenvalue weighted by Gasteiger charge is -2.43. The van der Waals surface area contributed by atoms with Crippen LogP contribution in [0.25, 0.3) is 5.65 Å². The average Bonchev–Trinajstić information content (AvgIpc) is 3.34. The summed E-state index contributed by atoms with van der Waals surface area (Å²) in [5.74, 6) is 0.662. The molecule has 1 atom stereocenters. The van der Waals surface area contributed by atoms with Crippen LogP contribution in [0.5, 0.6) is 5.75 Å². The van der Waals surface area contributed by atoms with Gasteiger partial charge in [0.05, 0.1) is 19.7 Å². The quantitative estimate of drug-likeness (QED) is 0.550. The second-order valence-electron chi connectivity index (χ2n) is 9.64. The molecule has 4 heterocycles. The summed E-state index contributed by atoms with van der Waals surface area (Å²) >= 11 is 0. The molecule has 1 unspecified atom stereocenters. The number of imidazole rings is 1. The van der Waals surface area contributed by atoms with E-state index >= 15 is 0 Å².